The number of nitrogens with two attached hydrogens (primary N) is 1. The highest BCUT2D eigenvalue weighted by molar-refractivity contribution is 7.47. The van der Waals surface area contributed by atoms with E-state index in [9.17, 15) is 19.0 Å². The summed E-state index contributed by atoms with van der Waals surface area (Å²) in [6, 6.07) is 0. The minimum Gasteiger partial charge on any atom is -0.462 e. The fourth-order valence-electron chi connectivity index (χ4n) is 10.6. The summed E-state index contributed by atoms with van der Waals surface area (Å²) in [6.07, 6.45) is 98.0. The minimum atomic E-state index is -4.40. The number of hydrogen-bond donors (Lipinski definition) is 2. The number of phosphoric ester groups is 1. The first kappa shape index (κ1) is 83.9. The third-order valence-electron chi connectivity index (χ3n) is 16.0. The second kappa shape index (κ2) is 72.0. The van der Waals surface area contributed by atoms with Crippen LogP contribution < -0.4 is 5.73 Å². The second-order valence-corrected chi connectivity index (χ2v) is 25.9. The fraction of sp³-hybridized carbons (Fsp3) is 0.766. The van der Waals surface area contributed by atoms with Gasteiger partial charge < -0.3 is 20.1 Å². The molecule has 3 N–H and O–H groups in total. The lowest BCUT2D eigenvalue weighted by atomic mass is 10.0. The number of carbonyl (C=O) groups is 2. The highest BCUT2D eigenvalue weighted by atomic mass is 31.2. The Morgan fingerprint density at radius 2 is 0.632 bits per heavy atom. The number of ether oxygens (including phenoxy) is 2. The Hall–Kier alpha value is -3.07. The molecule has 2 unspecified atom stereocenters. The van der Waals surface area contributed by atoms with Crippen molar-refractivity contribution in [3.05, 3.63) is 97.2 Å². The molecule has 0 aliphatic carbocycles. The average molecular weight is 1240 g/mol. The fourth-order valence-corrected chi connectivity index (χ4v) is 11.4. The summed E-state index contributed by atoms with van der Waals surface area (Å²) in [5.74, 6) is -0.821. The first-order valence-electron chi connectivity index (χ1n) is 36.7. The van der Waals surface area contributed by atoms with E-state index in [2.05, 4.69) is 111 Å². The Balaban J connectivity index is 3.88. The normalized spacial score (nSPS) is 13.5. The lowest BCUT2D eigenvalue weighted by Gasteiger charge is -2.19. The van der Waals surface area contributed by atoms with Crippen molar-refractivity contribution in [2.45, 2.75) is 354 Å². The summed E-state index contributed by atoms with van der Waals surface area (Å²) in [6.45, 7) is 3.67. The molecule has 0 rings (SSSR count). The van der Waals surface area contributed by atoms with Gasteiger partial charge in [0.15, 0.2) is 6.10 Å². The lowest BCUT2D eigenvalue weighted by Crippen LogP contribution is -2.29. The molecule has 0 bridgehead atoms. The number of esters is 2. The predicted octanol–water partition coefficient (Wildman–Crippen LogP) is 24.3. The summed E-state index contributed by atoms with van der Waals surface area (Å²) in [7, 11) is -4.40. The van der Waals surface area contributed by atoms with Gasteiger partial charge in [-0.25, -0.2) is 4.57 Å². The van der Waals surface area contributed by atoms with Crippen molar-refractivity contribution < 1.29 is 37.6 Å². The molecule has 504 valence electrons. The van der Waals surface area contributed by atoms with Crippen LogP contribution >= 0.6 is 7.82 Å². The predicted molar refractivity (Wildman–Crippen MR) is 376 cm³/mol. The van der Waals surface area contributed by atoms with Crippen LogP contribution in [0.2, 0.25) is 0 Å². The first-order chi connectivity index (χ1) is 42.8. The minimum absolute atomic E-state index is 0.0505. The van der Waals surface area contributed by atoms with Gasteiger partial charge in [0.1, 0.15) is 6.61 Å². The summed E-state index contributed by atoms with van der Waals surface area (Å²) >= 11 is 0. The number of allylic oxidation sites excluding steroid dienone is 16. The molecule has 0 spiro atoms. The van der Waals surface area contributed by atoms with Crippen LogP contribution in [0.25, 0.3) is 0 Å². The quantitative estimate of drug-likeness (QED) is 0.0264. The molecule has 0 fully saturated rings. The highest BCUT2D eigenvalue weighted by Crippen LogP contribution is 2.43. The molecular formula is C77H138NO8P. The number of unbranched alkanes of at least 4 members (excludes halogenated alkanes) is 40. The zero-order chi connectivity index (χ0) is 63.0. The standard InChI is InChI=1S/C77H138NO8P/c1-3-5-7-9-11-13-15-17-19-21-23-25-27-29-31-33-35-36-37-38-40-42-44-46-48-50-52-54-56-58-60-62-64-66-68-70-77(80)86-75(74-85-87(81,82)84-72-71-78)73-83-76(79)69-67-65-63-61-59-57-55-53-51-49-47-45-43-41-39-34-32-30-28-26-24-22-20-18-16-14-12-10-8-6-4-2/h5,7,11,13,17,19,23,25,29,31,35-36,38,40,44,46,75H,3-4,6,8-10,12,14-16,18,20-22,24,26-28,30,32-34,37,39,41-43,45,47-74,78H2,1-2H3,(H,81,82)/b7-5-,13-11-,19-17-,25-23-,31-29-,36-35-,40-38-,46-44-. The maximum atomic E-state index is 12.8. The molecule has 0 aromatic carbocycles. The molecule has 10 heteroatoms. The molecule has 0 aromatic heterocycles. The summed E-state index contributed by atoms with van der Waals surface area (Å²) in [5.41, 5.74) is 5.41. The van der Waals surface area contributed by atoms with E-state index in [0.717, 1.165) is 96.3 Å². The highest BCUT2D eigenvalue weighted by Gasteiger charge is 2.26. The molecule has 87 heavy (non-hydrogen) atoms. The number of rotatable bonds is 69. The van der Waals surface area contributed by atoms with Crippen molar-refractivity contribution in [3.8, 4) is 0 Å². The largest absolute Gasteiger partial charge is 0.472 e. The number of phosphoric acid groups is 1. The zero-order valence-corrected chi connectivity index (χ0v) is 57.6. The third kappa shape index (κ3) is 71.9. The van der Waals surface area contributed by atoms with Crippen molar-refractivity contribution in [2.24, 2.45) is 5.73 Å². The van der Waals surface area contributed by atoms with Crippen molar-refractivity contribution in [2.75, 3.05) is 26.4 Å². The van der Waals surface area contributed by atoms with Crippen LogP contribution in [-0.4, -0.2) is 49.3 Å². The summed E-state index contributed by atoms with van der Waals surface area (Å²) in [4.78, 5) is 35.4. The zero-order valence-electron chi connectivity index (χ0n) is 56.7. The van der Waals surface area contributed by atoms with E-state index in [1.54, 1.807) is 0 Å². The van der Waals surface area contributed by atoms with Gasteiger partial charge in [-0.05, 0) is 77.0 Å². The van der Waals surface area contributed by atoms with Crippen LogP contribution in [-0.2, 0) is 32.7 Å². The van der Waals surface area contributed by atoms with Gasteiger partial charge in [-0.1, -0.05) is 355 Å². The van der Waals surface area contributed by atoms with Gasteiger partial charge in [-0.15, -0.1) is 0 Å². The van der Waals surface area contributed by atoms with Crippen molar-refractivity contribution in [3.63, 3.8) is 0 Å². The van der Waals surface area contributed by atoms with Crippen molar-refractivity contribution in [1.82, 2.24) is 0 Å². The second-order valence-electron chi connectivity index (χ2n) is 24.4. The molecule has 0 aromatic rings. The summed E-state index contributed by atoms with van der Waals surface area (Å²) in [5, 5.41) is 0. The van der Waals surface area contributed by atoms with Gasteiger partial charge in [0.25, 0.3) is 0 Å². The molecule has 0 heterocycles. The van der Waals surface area contributed by atoms with Gasteiger partial charge in [0.2, 0.25) is 0 Å². The van der Waals surface area contributed by atoms with E-state index in [4.69, 9.17) is 24.3 Å². The van der Waals surface area contributed by atoms with Gasteiger partial charge in [0, 0.05) is 19.4 Å². The molecule has 2 atom stereocenters. The Labute approximate surface area is 537 Å². The van der Waals surface area contributed by atoms with Gasteiger partial charge in [-0.3, -0.25) is 18.6 Å². The van der Waals surface area contributed by atoms with E-state index < -0.39 is 26.5 Å². The Kier molecular flexibility index (Phi) is 69.5. The van der Waals surface area contributed by atoms with E-state index in [-0.39, 0.29) is 38.6 Å². The molecule has 0 saturated heterocycles. The molecule has 0 aliphatic heterocycles. The van der Waals surface area contributed by atoms with Gasteiger partial charge >= 0.3 is 19.8 Å². The monoisotopic (exact) mass is 1240 g/mol. The Morgan fingerprint density at radius 1 is 0.356 bits per heavy atom. The maximum absolute atomic E-state index is 12.8. The van der Waals surface area contributed by atoms with Crippen molar-refractivity contribution in [1.29, 1.82) is 0 Å². The third-order valence-corrected chi connectivity index (χ3v) is 17.0. The van der Waals surface area contributed by atoms with Crippen LogP contribution in [0.5, 0.6) is 0 Å². The molecule has 0 radical (unpaired) electrons. The van der Waals surface area contributed by atoms with Crippen LogP contribution in [0.4, 0.5) is 0 Å². The van der Waals surface area contributed by atoms with E-state index in [0.29, 0.717) is 6.42 Å². The maximum Gasteiger partial charge on any atom is 0.472 e. The molecule has 0 amide bonds. The molecule has 0 aliphatic rings. The van der Waals surface area contributed by atoms with Gasteiger partial charge in [0.05, 0.1) is 13.2 Å². The summed E-state index contributed by atoms with van der Waals surface area (Å²) < 4.78 is 33.2. The first-order valence-corrected chi connectivity index (χ1v) is 38.2. The van der Waals surface area contributed by atoms with Crippen LogP contribution in [0.1, 0.15) is 348 Å². The Bertz CT molecular complexity index is 1750. The van der Waals surface area contributed by atoms with E-state index in [1.807, 2.05) is 0 Å². The average Bonchev–Trinajstić information content (AvgIpc) is 3.64. The van der Waals surface area contributed by atoms with E-state index in [1.165, 1.54) is 218 Å². The Morgan fingerprint density at radius 3 is 0.943 bits per heavy atom. The molecule has 9 nitrogen and oxygen atoms in total. The molecular weight excluding hydrogens is 1100 g/mol. The SMILES string of the molecule is CC/C=C\C/C=C\C/C=C\C/C=C\C/C=C\C/C=C\C/C=C\C/C=C\CCCCCCCCCCCCC(=O)OC(COC(=O)CCCCCCCCCCCCCCCCCCCCCCCCCCCCCCCCC)COP(=O)(O)OCCN. The number of hydrogen-bond acceptors (Lipinski definition) is 8. The van der Waals surface area contributed by atoms with Crippen LogP contribution in [0, 0.1) is 0 Å². The number of carbonyl (C=O) groups excluding carboxylic acids is 2. The topological polar surface area (TPSA) is 134 Å². The van der Waals surface area contributed by atoms with Crippen molar-refractivity contribution >= 4 is 19.8 Å². The van der Waals surface area contributed by atoms with Crippen LogP contribution in [0.15, 0.2) is 97.2 Å². The van der Waals surface area contributed by atoms with E-state index >= 15 is 0 Å². The molecule has 0 saturated carbocycles. The van der Waals surface area contributed by atoms with Crippen LogP contribution in [0.3, 0.4) is 0 Å². The smallest absolute Gasteiger partial charge is 0.462 e. The lowest BCUT2D eigenvalue weighted by molar-refractivity contribution is -0.161. The van der Waals surface area contributed by atoms with Gasteiger partial charge in [-0.2, -0.15) is 0 Å².